The zero-order chi connectivity index (χ0) is 19.0. The summed E-state index contributed by atoms with van der Waals surface area (Å²) < 4.78 is 5.13. The van der Waals surface area contributed by atoms with E-state index in [9.17, 15) is 14.7 Å². The Balaban J connectivity index is 2.12. The molecule has 2 aromatic rings. The minimum absolute atomic E-state index is 0.386. The number of nitrogens with one attached hydrogen (secondary N) is 1. The average molecular weight is 355 g/mol. The van der Waals surface area contributed by atoms with E-state index in [1.807, 2.05) is 0 Å². The number of carbonyl (C=O) groups excluding carboxylic acids is 2. The van der Waals surface area contributed by atoms with Crippen molar-refractivity contribution in [2.24, 2.45) is 5.92 Å². The lowest BCUT2D eigenvalue weighted by molar-refractivity contribution is -0.164. The number of ether oxygens (including phenoxy) is 1. The largest absolute Gasteiger partial charge is 0.453 e. The first kappa shape index (κ1) is 19.7. The van der Waals surface area contributed by atoms with Gasteiger partial charge in [-0.3, -0.25) is 4.79 Å². The van der Waals surface area contributed by atoms with Crippen LogP contribution in [0.5, 0.6) is 0 Å². The molecule has 5 heteroatoms. The highest BCUT2D eigenvalue weighted by atomic mass is 16.6. The predicted octanol–water partition coefficient (Wildman–Crippen LogP) is 2.63. The molecule has 0 aliphatic rings. The third-order valence-electron chi connectivity index (χ3n) is 4.06. The maximum Gasteiger partial charge on any atom is 0.348 e. The zero-order valence-electron chi connectivity index (χ0n) is 15.1. The molecular weight excluding hydrogens is 330 g/mol. The summed E-state index contributed by atoms with van der Waals surface area (Å²) in [5.74, 6) is -0.796. The lowest BCUT2D eigenvalue weighted by Gasteiger charge is -2.27. The van der Waals surface area contributed by atoms with Gasteiger partial charge in [0.05, 0.1) is 0 Å². The normalized spacial score (nSPS) is 11.2. The van der Waals surface area contributed by atoms with Crippen molar-refractivity contribution in [1.29, 1.82) is 0 Å². The first-order chi connectivity index (χ1) is 12.4. The van der Waals surface area contributed by atoms with Crippen LogP contribution in [-0.4, -0.2) is 30.1 Å². The fourth-order valence-electron chi connectivity index (χ4n) is 2.55. The van der Waals surface area contributed by atoms with E-state index >= 15 is 0 Å². The highest BCUT2D eigenvalue weighted by Crippen LogP contribution is 2.30. The van der Waals surface area contributed by atoms with E-state index in [1.54, 1.807) is 60.7 Å². The molecule has 0 radical (unpaired) electrons. The van der Waals surface area contributed by atoms with Gasteiger partial charge in [0.15, 0.2) is 6.61 Å². The van der Waals surface area contributed by atoms with Crippen LogP contribution in [0, 0.1) is 5.92 Å². The predicted molar refractivity (Wildman–Crippen MR) is 99.3 cm³/mol. The van der Waals surface area contributed by atoms with E-state index in [2.05, 4.69) is 19.2 Å². The van der Waals surface area contributed by atoms with Crippen molar-refractivity contribution in [3.8, 4) is 0 Å². The molecule has 0 aliphatic heterocycles. The molecule has 0 saturated heterocycles. The second-order valence-electron chi connectivity index (χ2n) is 6.55. The number of hydrogen-bond donors (Lipinski definition) is 2. The Morgan fingerprint density at radius 3 is 1.96 bits per heavy atom. The Morgan fingerprint density at radius 1 is 1.00 bits per heavy atom. The van der Waals surface area contributed by atoms with Gasteiger partial charge in [0, 0.05) is 6.54 Å². The summed E-state index contributed by atoms with van der Waals surface area (Å²) in [4.78, 5) is 24.6. The average Bonchev–Trinajstić information content (AvgIpc) is 2.66. The lowest BCUT2D eigenvalue weighted by Crippen LogP contribution is -2.40. The molecule has 0 saturated carbocycles. The molecule has 0 heterocycles. The highest BCUT2D eigenvalue weighted by molar-refractivity contribution is 5.88. The first-order valence-corrected chi connectivity index (χ1v) is 8.72. The van der Waals surface area contributed by atoms with Crippen LogP contribution in [0.3, 0.4) is 0 Å². The van der Waals surface area contributed by atoms with Crippen molar-refractivity contribution in [1.82, 2.24) is 5.32 Å². The van der Waals surface area contributed by atoms with Crippen molar-refractivity contribution >= 4 is 11.9 Å². The van der Waals surface area contributed by atoms with E-state index in [1.165, 1.54) is 0 Å². The Hall–Kier alpha value is -2.66. The maximum absolute atomic E-state index is 12.7. The van der Waals surface area contributed by atoms with E-state index in [4.69, 9.17) is 4.74 Å². The van der Waals surface area contributed by atoms with E-state index in [0.717, 1.165) is 6.42 Å². The fourth-order valence-corrected chi connectivity index (χ4v) is 2.55. The van der Waals surface area contributed by atoms with Gasteiger partial charge in [-0.15, -0.1) is 0 Å². The van der Waals surface area contributed by atoms with Gasteiger partial charge in [-0.2, -0.15) is 0 Å². The van der Waals surface area contributed by atoms with Crippen LogP contribution in [0.1, 0.15) is 31.4 Å². The van der Waals surface area contributed by atoms with Gasteiger partial charge < -0.3 is 15.2 Å². The number of esters is 1. The second kappa shape index (κ2) is 9.15. The quantitative estimate of drug-likeness (QED) is 0.714. The number of carbonyl (C=O) groups is 2. The third-order valence-corrected chi connectivity index (χ3v) is 4.06. The van der Waals surface area contributed by atoms with Crippen molar-refractivity contribution in [3.05, 3.63) is 71.8 Å². The van der Waals surface area contributed by atoms with Crippen LogP contribution in [0.25, 0.3) is 0 Å². The number of aliphatic hydroxyl groups is 1. The maximum atomic E-state index is 12.7. The lowest BCUT2D eigenvalue weighted by atomic mass is 9.86. The molecule has 1 amide bonds. The highest BCUT2D eigenvalue weighted by Gasteiger charge is 2.41. The van der Waals surface area contributed by atoms with Crippen LogP contribution in [0.2, 0.25) is 0 Å². The zero-order valence-corrected chi connectivity index (χ0v) is 15.1. The monoisotopic (exact) mass is 355 g/mol. The van der Waals surface area contributed by atoms with Crippen molar-refractivity contribution < 1.29 is 19.4 Å². The van der Waals surface area contributed by atoms with Gasteiger partial charge in [0.25, 0.3) is 5.91 Å². The Morgan fingerprint density at radius 2 is 1.50 bits per heavy atom. The standard InChI is InChI=1S/C21H25NO4/c1-16(2)13-14-22-19(23)15-26-20(24)21(25,17-9-5-3-6-10-17)18-11-7-4-8-12-18/h3-12,16,25H,13-15H2,1-2H3,(H,22,23). The summed E-state index contributed by atoms with van der Waals surface area (Å²) in [6.07, 6.45) is 0.845. The Kier molecular flexibility index (Phi) is 6.92. The molecular formula is C21H25NO4. The minimum Gasteiger partial charge on any atom is -0.453 e. The summed E-state index contributed by atoms with van der Waals surface area (Å²) in [6.45, 7) is 4.21. The molecule has 2 rings (SSSR count). The number of benzene rings is 2. The summed E-state index contributed by atoms with van der Waals surface area (Å²) in [6, 6.07) is 17.1. The molecule has 0 spiro atoms. The van der Waals surface area contributed by atoms with Gasteiger partial charge in [-0.05, 0) is 23.5 Å². The second-order valence-corrected chi connectivity index (χ2v) is 6.55. The number of hydrogen-bond acceptors (Lipinski definition) is 4. The number of amides is 1. The molecule has 0 aliphatic carbocycles. The van der Waals surface area contributed by atoms with Crippen molar-refractivity contribution in [2.45, 2.75) is 25.9 Å². The molecule has 2 N–H and O–H groups in total. The van der Waals surface area contributed by atoms with Crippen LogP contribution >= 0.6 is 0 Å². The van der Waals surface area contributed by atoms with Crippen LogP contribution in [0.15, 0.2) is 60.7 Å². The van der Waals surface area contributed by atoms with Gasteiger partial charge in [0.1, 0.15) is 0 Å². The van der Waals surface area contributed by atoms with Crippen molar-refractivity contribution in [2.75, 3.05) is 13.2 Å². The van der Waals surface area contributed by atoms with Crippen LogP contribution < -0.4 is 5.32 Å². The molecule has 138 valence electrons. The minimum atomic E-state index is -1.97. The van der Waals surface area contributed by atoms with Gasteiger partial charge in [-0.25, -0.2) is 4.79 Å². The molecule has 0 fully saturated rings. The topological polar surface area (TPSA) is 75.6 Å². The Labute approximate surface area is 154 Å². The summed E-state index contributed by atoms with van der Waals surface area (Å²) >= 11 is 0. The summed E-state index contributed by atoms with van der Waals surface area (Å²) in [5.41, 5.74) is -1.20. The van der Waals surface area contributed by atoms with E-state index in [-0.39, 0.29) is 5.91 Å². The van der Waals surface area contributed by atoms with Crippen LogP contribution in [0.4, 0.5) is 0 Å². The van der Waals surface area contributed by atoms with Gasteiger partial charge in [0.2, 0.25) is 5.60 Å². The van der Waals surface area contributed by atoms with E-state index < -0.39 is 18.2 Å². The molecule has 0 bridgehead atoms. The van der Waals surface area contributed by atoms with Gasteiger partial charge >= 0.3 is 5.97 Å². The smallest absolute Gasteiger partial charge is 0.348 e. The molecule has 0 atom stereocenters. The molecule has 5 nitrogen and oxygen atoms in total. The summed E-state index contributed by atoms with van der Waals surface area (Å²) in [5, 5.41) is 13.9. The SMILES string of the molecule is CC(C)CCNC(=O)COC(=O)C(O)(c1ccccc1)c1ccccc1. The van der Waals surface area contributed by atoms with Gasteiger partial charge in [-0.1, -0.05) is 74.5 Å². The molecule has 26 heavy (non-hydrogen) atoms. The molecule has 2 aromatic carbocycles. The van der Waals surface area contributed by atoms with E-state index in [0.29, 0.717) is 23.6 Å². The van der Waals surface area contributed by atoms with Crippen LogP contribution in [-0.2, 0) is 19.9 Å². The third kappa shape index (κ3) is 4.92. The molecule has 0 unspecified atom stereocenters. The van der Waals surface area contributed by atoms with Crippen molar-refractivity contribution in [3.63, 3.8) is 0 Å². The fraction of sp³-hybridized carbons (Fsp3) is 0.333. The Bertz CT molecular complexity index is 674. The molecule has 0 aromatic heterocycles. The summed E-state index contributed by atoms with van der Waals surface area (Å²) in [7, 11) is 0. The number of rotatable bonds is 8. The first-order valence-electron chi connectivity index (χ1n) is 8.72.